The number of hydrogen-bond acceptors (Lipinski definition) is 3. The SMILES string of the molecule is CCCCc1ccc(N(c2ccccc2)c2ccc(N(c3ccc(C)cc3)c3ccc(N(c4ccc(CCCC)cc4)c4ccc(CCCC)cc4)cc3)cc2)cc1. The standard InChI is InChI=1S/C55H59N3/c1-5-8-14-44-21-29-49(30-22-44)56(47-17-12-11-13-18-47)52-35-37-53(38-36-52)57(48-27-19-43(4)20-28-48)54-39-41-55(42-40-54)58(50-31-23-45(24-32-50)15-9-6-2)51-33-25-46(26-34-51)16-10-7-3/h11-13,17-42H,5-10,14-16H2,1-4H3. The number of hydrogen-bond donors (Lipinski definition) is 0. The van der Waals surface area contributed by atoms with Gasteiger partial charge in [-0.1, -0.05) is 112 Å². The third kappa shape index (κ3) is 9.90. The minimum Gasteiger partial charge on any atom is -0.311 e. The van der Waals surface area contributed by atoms with Gasteiger partial charge in [-0.15, -0.1) is 0 Å². The molecule has 3 nitrogen and oxygen atoms in total. The van der Waals surface area contributed by atoms with E-state index in [-0.39, 0.29) is 0 Å². The van der Waals surface area contributed by atoms with Crippen LogP contribution in [-0.2, 0) is 19.3 Å². The molecule has 0 aliphatic carbocycles. The second kappa shape index (κ2) is 19.9. The van der Waals surface area contributed by atoms with Gasteiger partial charge in [-0.25, -0.2) is 0 Å². The topological polar surface area (TPSA) is 9.72 Å². The van der Waals surface area contributed by atoms with Gasteiger partial charge in [0.25, 0.3) is 0 Å². The predicted molar refractivity (Wildman–Crippen MR) is 251 cm³/mol. The Morgan fingerprint density at radius 3 is 0.759 bits per heavy atom. The highest BCUT2D eigenvalue weighted by Gasteiger charge is 2.18. The molecule has 0 heterocycles. The van der Waals surface area contributed by atoms with Crippen LogP contribution in [0, 0.1) is 6.92 Å². The van der Waals surface area contributed by atoms with Crippen LogP contribution < -0.4 is 14.7 Å². The average molecular weight is 762 g/mol. The fourth-order valence-corrected chi connectivity index (χ4v) is 7.69. The largest absolute Gasteiger partial charge is 0.311 e. The van der Waals surface area contributed by atoms with Crippen LogP contribution in [0.5, 0.6) is 0 Å². The number of para-hydroxylation sites is 1. The van der Waals surface area contributed by atoms with E-state index in [4.69, 9.17) is 0 Å². The highest BCUT2D eigenvalue weighted by molar-refractivity contribution is 5.83. The van der Waals surface area contributed by atoms with E-state index < -0.39 is 0 Å². The van der Waals surface area contributed by atoms with E-state index in [1.165, 1.54) is 72.2 Å². The van der Waals surface area contributed by atoms with Gasteiger partial charge < -0.3 is 14.7 Å². The molecule has 0 aliphatic rings. The average Bonchev–Trinajstić information content (AvgIpc) is 3.28. The molecule has 0 spiro atoms. The second-order valence-corrected chi connectivity index (χ2v) is 15.5. The Hall–Kier alpha value is -6.06. The highest BCUT2D eigenvalue weighted by Crippen LogP contribution is 2.41. The molecule has 0 aliphatic heterocycles. The van der Waals surface area contributed by atoms with E-state index in [9.17, 15) is 0 Å². The van der Waals surface area contributed by atoms with Crippen molar-refractivity contribution in [1.82, 2.24) is 0 Å². The molecule has 294 valence electrons. The van der Waals surface area contributed by atoms with Crippen molar-refractivity contribution in [3.05, 3.63) is 198 Å². The lowest BCUT2D eigenvalue weighted by atomic mass is 10.1. The summed E-state index contributed by atoms with van der Waals surface area (Å²) in [6.45, 7) is 8.91. The Labute approximate surface area is 348 Å². The van der Waals surface area contributed by atoms with Crippen molar-refractivity contribution < 1.29 is 0 Å². The number of unbranched alkanes of at least 4 members (excludes halogenated alkanes) is 3. The summed E-state index contributed by atoms with van der Waals surface area (Å²) in [4.78, 5) is 7.09. The molecule has 0 saturated carbocycles. The molecule has 3 heteroatoms. The van der Waals surface area contributed by atoms with Crippen LogP contribution in [0.4, 0.5) is 51.2 Å². The molecule has 0 radical (unpaired) electrons. The lowest BCUT2D eigenvalue weighted by Gasteiger charge is -2.29. The van der Waals surface area contributed by atoms with Crippen molar-refractivity contribution in [3.8, 4) is 0 Å². The summed E-state index contributed by atoms with van der Waals surface area (Å²) in [6, 6.07) is 65.0. The number of anilines is 9. The van der Waals surface area contributed by atoms with Crippen LogP contribution in [-0.4, -0.2) is 0 Å². The first-order valence-electron chi connectivity index (χ1n) is 21.5. The van der Waals surface area contributed by atoms with Crippen LogP contribution in [0.1, 0.15) is 81.5 Å². The predicted octanol–water partition coefficient (Wildman–Crippen LogP) is 16.4. The van der Waals surface area contributed by atoms with Crippen LogP contribution in [0.2, 0.25) is 0 Å². The zero-order valence-electron chi connectivity index (χ0n) is 34.9. The zero-order chi connectivity index (χ0) is 40.1. The summed E-state index contributed by atoms with van der Waals surface area (Å²) in [5.41, 5.74) is 15.6. The lowest BCUT2D eigenvalue weighted by Crippen LogP contribution is -2.13. The molecule has 0 N–H and O–H groups in total. The minimum absolute atomic E-state index is 1.10. The summed E-state index contributed by atoms with van der Waals surface area (Å²) >= 11 is 0. The lowest BCUT2D eigenvalue weighted by molar-refractivity contribution is 0.795. The second-order valence-electron chi connectivity index (χ2n) is 15.5. The Morgan fingerprint density at radius 2 is 0.500 bits per heavy atom. The van der Waals surface area contributed by atoms with Crippen molar-refractivity contribution in [3.63, 3.8) is 0 Å². The highest BCUT2D eigenvalue weighted by atomic mass is 15.2. The maximum atomic E-state index is 2.39. The molecule has 7 aromatic carbocycles. The minimum atomic E-state index is 1.10. The number of benzene rings is 7. The zero-order valence-corrected chi connectivity index (χ0v) is 34.9. The van der Waals surface area contributed by atoms with Gasteiger partial charge in [0.15, 0.2) is 0 Å². The van der Waals surface area contributed by atoms with Gasteiger partial charge in [0.2, 0.25) is 0 Å². The van der Waals surface area contributed by atoms with Crippen molar-refractivity contribution >= 4 is 51.2 Å². The maximum Gasteiger partial charge on any atom is 0.0463 e. The summed E-state index contributed by atoms with van der Waals surface area (Å²) in [5.74, 6) is 0. The van der Waals surface area contributed by atoms with Gasteiger partial charge >= 0.3 is 0 Å². The molecule has 7 aromatic rings. The molecule has 0 saturated heterocycles. The molecular weight excluding hydrogens is 703 g/mol. The fourth-order valence-electron chi connectivity index (χ4n) is 7.69. The number of nitrogens with zero attached hydrogens (tertiary/aromatic N) is 3. The first kappa shape index (κ1) is 40.1. The third-order valence-electron chi connectivity index (χ3n) is 11.1. The summed E-state index contributed by atoms with van der Waals surface area (Å²) in [7, 11) is 0. The van der Waals surface area contributed by atoms with Gasteiger partial charge in [-0.3, -0.25) is 0 Å². The number of aryl methyl sites for hydroxylation is 4. The third-order valence-corrected chi connectivity index (χ3v) is 11.1. The van der Waals surface area contributed by atoms with Crippen LogP contribution in [0.3, 0.4) is 0 Å². The van der Waals surface area contributed by atoms with E-state index in [1.807, 2.05) is 0 Å². The molecule has 58 heavy (non-hydrogen) atoms. The van der Waals surface area contributed by atoms with Crippen molar-refractivity contribution in [2.24, 2.45) is 0 Å². The van der Waals surface area contributed by atoms with E-state index in [2.05, 4.69) is 218 Å². The van der Waals surface area contributed by atoms with E-state index >= 15 is 0 Å². The maximum absolute atomic E-state index is 2.39. The first-order valence-corrected chi connectivity index (χ1v) is 21.5. The Bertz CT molecular complexity index is 2210. The van der Waals surface area contributed by atoms with Crippen LogP contribution in [0.15, 0.2) is 176 Å². The van der Waals surface area contributed by atoms with Gasteiger partial charge in [0, 0.05) is 51.2 Å². The molecule has 0 amide bonds. The molecule has 0 bridgehead atoms. The van der Waals surface area contributed by atoms with Crippen molar-refractivity contribution in [2.75, 3.05) is 14.7 Å². The van der Waals surface area contributed by atoms with Crippen LogP contribution >= 0.6 is 0 Å². The first-order chi connectivity index (χ1) is 28.5. The fraction of sp³-hybridized carbons (Fsp3) is 0.236. The molecule has 7 rings (SSSR count). The molecule has 0 atom stereocenters. The summed E-state index contributed by atoms with van der Waals surface area (Å²) in [6.07, 6.45) is 10.6. The quantitative estimate of drug-likeness (QED) is 0.0862. The van der Waals surface area contributed by atoms with Crippen LogP contribution in [0.25, 0.3) is 0 Å². The summed E-state index contributed by atoms with van der Waals surface area (Å²) < 4.78 is 0. The summed E-state index contributed by atoms with van der Waals surface area (Å²) in [5, 5.41) is 0. The van der Waals surface area contributed by atoms with Crippen molar-refractivity contribution in [2.45, 2.75) is 85.5 Å². The Balaban J connectivity index is 1.23. The number of rotatable bonds is 18. The molecule has 0 aromatic heterocycles. The van der Waals surface area contributed by atoms with Gasteiger partial charge in [0.1, 0.15) is 0 Å². The van der Waals surface area contributed by atoms with E-state index in [0.717, 1.165) is 59.1 Å². The van der Waals surface area contributed by atoms with Crippen molar-refractivity contribution in [1.29, 1.82) is 0 Å². The monoisotopic (exact) mass is 761 g/mol. The van der Waals surface area contributed by atoms with E-state index in [1.54, 1.807) is 0 Å². The smallest absolute Gasteiger partial charge is 0.0463 e. The Morgan fingerprint density at radius 1 is 0.276 bits per heavy atom. The molecule has 0 unspecified atom stereocenters. The normalized spacial score (nSPS) is 11.0. The van der Waals surface area contributed by atoms with Gasteiger partial charge in [-0.05, 0) is 171 Å². The molecule has 0 fully saturated rings. The molecular formula is C55H59N3. The van der Waals surface area contributed by atoms with Gasteiger partial charge in [0.05, 0.1) is 0 Å². The van der Waals surface area contributed by atoms with E-state index in [0.29, 0.717) is 0 Å². The van der Waals surface area contributed by atoms with Gasteiger partial charge in [-0.2, -0.15) is 0 Å². The Kier molecular flexibility index (Phi) is 13.8.